The number of carbonyl (C=O) groups excluding carboxylic acids is 3. The first kappa shape index (κ1) is 17.2. The monoisotopic (exact) mass is 326 g/mol. The first-order chi connectivity index (χ1) is 11.5. The van der Waals surface area contributed by atoms with Gasteiger partial charge in [0.15, 0.2) is 0 Å². The van der Waals surface area contributed by atoms with Gasteiger partial charge in [-0.15, -0.1) is 0 Å². The van der Waals surface area contributed by atoms with Crippen LogP contribution in [-0.4, -0.2) is 30.9 Å². The average Bonchev–Trinajstić information content (AvgIpc) is 2.62. The van der Waals surface area contributed by atoms with Crippen LogP contribution in [0, 0.1) is 0 Å². The van der Waals surface area contributed by atoms with Crippen molar-refractivity contribution in [2.45, 2.75) is 13.0 Å². The van der Waals surface area contributed by atoms with Crippen molar-refractivity contribution < 1.29 is 19.1 Å². The Labute approximate surface area is 139 Å². The van der Waals surface area contributed by atoms with E-state index in [0.717, 1.165) is 0 Å². The second-order valence-electron chi connectivity index (χ2n) is 5.12. The summed E-state index contributed by atoms with van der Waals surface area (Å²) in [5.41, 5.74) is 1.40. The highest BCUT2D eigenvalue weighted by Crippen LogP contribution is 2.11. The number of benzene rings is 2. The summed E-state index contributed by atoms with van der Waals surface area (Å²) in [6.07, 6.45) is 0. The standard InChI is InChI=1S/C18H18N2O4/c1-12(19-17(22)13-6-4-3-5-7-13)16(21)20-15-10-8-14(9-11-15)18(23)24-2/h3-12H,1-2H3,(H,19,22)(H,20,21). The van der Waals surface area contributed by atoms with Gasteiger partial charge in [0.05, 0.1) is 12.7 Å². The molecule has 0 aliphatic carbocycles. The summed E-state index contributed by atoms with van der Waals surface area (Å²) in [7, 11) is 1.30. The van der Waals surface area contributed by atoms with E-state index in [1.165, 1.54) is 7.11 Å². The third-order valence-corrected chi connectivity index (χ3v) is 3.35. The first-order valence-electron chi connectivity index (χ1n) is 7.36. The van der Waals surface area contributed by atoms with Crippen LogP contribution in [0.4, 0.5) is 5.69 Å². The first-order valence-corrected chi connectivity index (χ1v) is 7.36. The van der Waals surface area contributed by atoms with Crippen LogP contribution in [0.15, 0.2) is 54.6 Å². The summed E-state index contributed by atoms with van der Waals surface area (Å²) in [5, 5.41) is 5.31. The number of anilines is 1. The van der Waals surface area contributed by atoms with Gasteiger partial charge in [0.25, 0.3) is 5.91 Å². The molecule has 6 nitrogen and oxygen atoms in total. The van der Waals surface area contributed by atoms with Gasteiger partial charge in [0.1, 0.15) is 6.04 Å². The van der Waals surface area contributed by atoms with Crippen molar-refractivity contribution in [1.29, 1.82) is 0 Å². The quantitative estimate of drug-likeness (QED) is 0.825. The number of hydrogen-bond acceptors (Lipinski definition) is 4. The van der Waals surface area contributed by atoms with E-state index in [2.05, 4.69) is 15.4 Å². The Morgan fingerprint density at radius 1 is 0.917 bits per heavy atom. The summed E-state index contributed by atoms with van der Waals surface area (Å²) in [5.74, 6) is -1.12. The van der Waals surface area contributed by atoms with Gasteiger partial charge in [-0.05, 0) is 43.3 Å². The topological polar surface area (TPSA) is 84.5 Å². The van der Waals surface area contributed by atoms with Crippen molar-refractivity contribution in [2.75, 3.05) is 12.4 Å². The maximum atomic E-state index is 12.1. The highest BCUT2D eigenvalue weighted by molar-refractivity contribution is 6.01. The lowest BCUT2D eigenvalue weighted by Gasteiger charge is -2.14. The summed E-state index contributed by atoms with van der Waals surface area (Å²) >= 11 is 0. The minimum atomic E-state index is -0.710. The molecule has 2 rings (SSSR count). The Balaban J connectivity index is 1.94. The normalized spacial score (nSPS) is 11.2. The molecule has 0 radical (unpaired) electrons. The third-order valence-electron chi connectivity index (χ3n) is 3.35. The van der Waals surface area contributed by atoms with Gasteiger partial charge in [-0.25, -0.2) is 4.79 Å². The zero-order valence-electron chi connectivity index (χ0n) is 13.4. The van der Waals surface area contributed by atoms with E-state index >= 15 is 0 Å². The van der Waals surface area contributed by atoms with E-state index in [1.54, 1.807) is 55.5 Å². The van der Waals surface area contributed by atoms with Crippen molar-refractivity contribution in [3.63, 3.8) is 0 Å². The predicted molar refractivity (Wildman–Crippen MR) is 89.8 cm³/mol. The largest absolute Gasteiger partial charge is 0.465 e. The number of carbonyl (C=O) groups is 3. The number of rotatable bonds is 5. The van der Waals surface area contributed by atoms with Gasteiger partial charge in [0, 0.05) is 11.3 Å². The molecular formula is C18H18N2O4. The fourth-order valence-electron chi connectivity index (χ4n) is 1.99. The molecule has 1 unspecified atom stereocenters. The van der Waals surface area contributed by atoms with E-state index in [9.17, 15) is 14.4 Å². The number of nitrogens with one attached hydrogen (secondary N) is 2. The molecule has 0 saturated heterocycles. The molecule has 0 heterocycles. The summed E-state index contributed by atoms with van der Waals surface area (Å²) < 4.78 is 4.61. The Bertz CT molecular complexity index is 726. The molecule has 0 bridgehead atoms. The van der Waals surface area contributed by atoms with E-state index in [4.69, 9.17) is 0 Å². The minimum Gasteiger partial charge on any atom is -0.465 e. The van der Waals surface area contributed by atoms with Crippen LogP contribution in [0.25, 0.3) is 0 Å². The molecule has 2 aromatic carbocycles. The molecule has 0 aromatic heterocycles. The van der Waals surface area contributed by atoms with Crippen LogP contribution >= 0.6 is 0 Å². The number of amides is 2. The second kappa shape index (κ2) is 7.92. The van der Waals surface area contributed by atoms with Gasteiger partial charge in [0.2, 0.25) is 5.91 Å². The molecule has 2 N–H and O–H groups in total. The molecule has 24 heavy (non-hydrogen) atoms. The zero-order chi connectivity index (χ0) is 17.5. The SMILES string of the molecule is COC(=O)c1ccc(NC(=O)C(C)NC(=O)c2ccccc2)cc1. The van der Waals surface area contributed by atoms with Crippen LogP contribution in [0.1, 0.15) is 27.6 Å². The fraction of sp³-hybridized carbons (Fsp3) is 0.167. The number of hydrogen-bond donors (Lipinski definition) is 2. The molecular weight excluding hydrogens is 308 g/mol. The minimum absolute atomic E-state index is 0.320. The summed E-state index contributed by atoms with van der Waals surface area (Å²) in [6.45, 7) is 1.60. The number of ether oxygens (including phenoxy) is 1. The highest BCUT2D eigenvalue weighted by Gasteiger charge is 2.16. The third kappa shape index (κ3) is 4.42. The lowest BCUT2D eigenvalue weighted by molar-refractivity contribution is -0.117. The molecule has 124 valence electrons. The highest BCUT2D eigenvalue weighted by atomic mass is 16.5. The number of esters is 1. The van der Waals surface area contributed by atoms with Crippen LogP contribution in [-0.2, 0) is 9.53 Å². The second-order valence-corrected chi connectivity index (χ2v) is 5.12. The maximum Gasteiger partial charge on any atom is 0.337 e. The molecule has 0 saturated carbocycles. The van der Waals surface area contributed by atoms with E-state index in [0.29, 0.717) is 16.8 Å². The molecule has 0 aliphatic rings. The number of methoxy groups -OCH3 is 1. The Kier molecular flexibility index (Phi) is 5.68. The molecule has 6 heteroatoms. The average molecular weight is 326 g/mol. The molecule has 1 atom stereocenters. The van der Waals surface area contributed by atoms with Gasteiger partial charge in [-0.1, -0.05) is 18.2 Å². The van der Waals surface area contributed by atoms with Gasteiger partial charge < -0.3 is 15.4 Å². The van der Waals surface area contributed by atoms with Gasteiger partial charge in [-0.2, -0.15) is 0 Å². The Morgan fingerprint density at radius 3 is 2.12 bits per heavy atom. The van der Waals surface area contributed by atoms with E-state index < -0.39 is 12.0 Å². The van der Waals surface area contributed by atoms with Crippen LogP contribution < -0.4 is 10.6 Å². The smallest absolute Gasteiger partial charge is 0.337 e. The lowest BCUT2D eigenvalue weighted by atomic mass is 10.2. The van der Waals surface area contributed by atoms with E-state index in [1.807, 2.05) is 6.07 Å². The van der Waals surface area contributed by atoms with Crippen LogP contribution in [0.3, 0.4) is 0 Å². The zero-order valence-corrected chi connectivity index (χ0v) is 13.4. The maximum absolute atomic E-state index is 12.1. The molecule has 2 amide bonds. The summed E-state index contributed by atoms with van der Waals surface area (Å²) in [4.78, 5) is 35.5. The van der Waals surface area contributed by atoms with Crippen LogP contribution in [0.2, 0.25) is 0 Å². The molecule has 0 fully saturated rings. The fourth-order valence-corrected chi connectivity index (χ4v) is 1.99. The molecule has 2 aromatic rings. The van der Waals surface area contributed by atoms with Crippen molar-refractivity contribution in [3.8, 4) is 0 Å². The van der Waals surface area contributed by atoms with Gasteiger partial charge in [-0.3, -0.25) is 9.59 Å². The van der Waals surface area contributed by atoms with Crippen molar-refractivity contribution >= 4 is 23.5 Å². The Morgan fingerprint density at radius 2 is 1.54 bits per heavy atom. The summed E-state index contributed by atoms with van der Waals surface area (Å²) in [6, 6.07) is 14.2. The predicted octanol–water partition coefficient (Wildman–Crippen LogP) is 2.23. The van der Waals surface area contributed by atoms with Crippen molar-refractivity contribution in [3.05, 3.63) is 65.7 Å². The van der Waals surface area contributed by atoms with Gasteiger partial charge >= 0.3 is 5.97 Å². The van der Waals surface area contributed by atoms with Crippen molar-refractivity contribution in [2.24, 2.45) is 0 Å². The van der Waals surface area contributed by atoms with Crippen LogP contribution in [0.5, 0.6) is 0 Å². The van der Waals surface area contributed by atoms with E-state index in [-0.39, 0.29) is 11.8 Å². The molecule has 0 spiro atoms. The lowest BCUT2D eigenvalue weighted by Crippen LogP contribution is -2.41. The van der Waals surface area contributed by atoms with Crippen molar-refractivity contribution in [1.82, 2.24) is 5.32 Å². The molecule has 0 aliphatic heterocycles. The Hall–Kier alpha value is -3.15.